The third-order valence-corrected chi connectivity index (χ3v) is 2.32. The first-order valence-electron chi connectivity index (χ1n) is 4.10. The Morgan fingerprint density at radius 3 is 2.33 bits per heavy atom. The molecule has 0 atom stereocenters. The van der Waals surface area contributed by atoms with Crippen molar-refractivity contribution < 1.29 is 9.90 Å². The summed E-state index contributed by atoms with van der Waals surface area (Å²) >= 11 is 0. The minimum Gasteiger partial charge on any atom is -0.396 e. The third kappa shape index (κ3) is 2.81. The topological polar surface area (TPSA) is 40.5 Å². The smallest absolute Gasteiger partial charge is 0.219 e. The van der Waals surface area contributed by atoms with E-state index in [1.165, 1.54) is 0 Å². The fraction of sp³-hybridized carbons (Fsp3) is 0.889. The highest BCUT2D eigenvalue weighted by atomic mass is 16.3. The molecule has 1 rings (SSSR count). The van der Waals surface area contributed by atoms with Gasteiger partial charge in [0.1, 0.15) is 0 Å². The highest BCUT2D eigenvalue weighted by Gasteiger charge is 2.19. The van der Waals surface area contributed by atoms with E-state index in [0.29, 0.717) is 5.92 Å². The van der Waals surface area contributed by atoms with Crippen LogP contribution in [0.2, 0.25) is 0 Å². The number of hydrogen-bond donors (Lipinski definition) is 1. The normalized spacial score (nSPS) is 18.7. The number of carbonyl (C=O) groups is 1. The first-order chi connectivity index (χ1) is 5.24. The highest BCUT2D eigenvalue weighted by Crippen LogP contribution is 2.15. The zero-order valence-corrected chi connectivity index (χ0v) is 6.92. The van der Waals surface area contributed by atoms with Gasteiger partial charge in [0.25, 0.3) is 0 Å². The van der Waals surface area contributed by atoms with Gasteiger partial charge >= 0.3 is 0 Å². The molecule has 3 nitrogen and oxygen atoms in total. The predicted molar refractivity (Wildman–Crippen MR) is 48.8 cm³/mol. The summed E-state index contributed by atoms with van der Waals surface area (Å²) in [5.41, 5.74) is 0. The second kappa shape index (κ2) is 5.14. The van der Waals surface area contributed by atoms with Crippen LogP contribution in [0.3, 0.4) is 0 Å². The molecule has 1 aliphatic rings. The Kier molecular flexibility index (Phi) is 4.90. The fourth-order valence-electron chi connectivity index (χ4n) is 1.43. The van der Waals surface area contributed by atoms with E-state index in [4.69, 9.17) is 5.11 Å². The molecule has 0 saturated carbocycles. The van der Waals surface area contributed by atoms with Crippen molar-refractivity contribution in [2.75, 3.05) is 19.7 Å². The maximum atomic E-state index is 10.9. The summed E-state index contributed by atoms with van der Waals surface area (Å²) in [5.74, 6) is 0.576. The van der Waals surface area contributed by atoms with E-state index in [0.717, 1.165) is 25.9 Å². The van der Waals surface area contributed by atoms with Crippen LogP contribution in [0.25, 0.3) is 0 Å². The van der Waals surface area contributed by atoms with Gasteiger partial charge in [0.2, 0.25) is 5.91 Å². The summed E-state index contributed by atoms with van der Waals surface area (Å²) in [4.78, 5) is 12.7. The van der Waals surface area contributed by atoms with Crippen LogP contribution < -0.4 is 0 Å². The van der Waals surface area contributed by atoms with Crippen molar-refractivity contribution >= 4 is 5.91 Å². The zero-order valence-electron chi connectivity index (χ0n) is 6.92. The predicted octanol–water partition coefficient (Wildman–Crippen LogP) is 0.873. The SMILES string of the molecule is C.CC(=O)N1CCC(CO)CC1. The summed E-state index contributed by atoms with van der Waals surface area (Å²) in [6, 6.07) is 0. The summed E-state index contributed by atoms with van der Waals surface area (Å²) in [5, 5.41) is 8.81. The molecule has 1 fully saturated rings. The molecule has 0 unspecified atom stereocenters. The second-order valence-electron chi connectivity index (χ2n) is 3.13. The minimum atomic E-state index is 0. The molecule has 0 aromatic heterocycles. The Hall–Kier alpha value is -0.570. The van der Waals surface area contributed by atoms with Crippen LogP contribution in [0.4, 0.5) is 0 Å². The molecule has 0 radical (unpaired) electrons. The van der Waals surface area contributed by atoms with Crippen LogP contribution in [0.5, 0.6) is 0 Å². The number of hydrogen-bond acceptors (Lipinski definition) is 2. The van der Waals surface area contributed by atoms with Gasteiger partial charge in [-0.2, -0.15) is 0 Å². The van der Waals surface area contributed by atoms with Crippen LogP contribution in [0.15, 0.2) is 0 Å². The number of aliphatic hydroxyl groups is 1. The summed E-state index contributed by atoms with van der Waals surface area (Å²) in [7, 11) is 0. The molecule has 0 aromatic rings. The third-order valence-electron chi connectivity index (χ3n) is 2.32. The largest absolute Gasteiger partial charge is 0.396 e. The Labute approximate surface area is 74.4 Å². The number of nitrogens with zero attached hydrogens (tertiary/aromatic N) is 1. The van der Waals surface area contributed by atoms with Gasteiger partial charge in [-0.05, 0) is 18.8 Å². The molecule has 12 heavy (non-hydrogen) atoms. The lowest BCUT2D eigenvalue weighted by atomic mass is 9.98. The highest BCUT2D eigenvalue weighted by molar-refractivity contribution is 5.73. The quantitative estimate of drug-likeness (QED) is 0.639. The van der Waals surface area contributed by atoms with Crippen LogP contribution in [-0.4, -0.2) is 35.6 Å². The number of piperidine rings is 1. The Morgan fingerprint density at radius 1 is 1.50 bits per heavy atom. The average molecular weight is 173 g/mol. The lowest BCUT2D eigenvalue weighted by molar-refractivity contribution is -0.130. The minimum absolute atomic E-state index is 0. The van der Waals surface area contributed by atoms with Gasteiger partial charge in [-0.1, -0.05) is 7.43 Å². The van der Waals surface area contributed by atoms with Crippen molar-refractivity contribution in [2.45, 2.75) is 27.2 Å². The van der Waals surface area contributed by atoms with E-state index in [2.05, 4.69) is 0 Å². The Bertz CT molecular complexity index is 139. The van der Waals surface area contributed by atoms with Crippen LogP contribution in [0, 0.1) is 5.92 Å². The molecular formula is C9H19NO2. The van der Waals surface area contributed by atoms with Crippen LogP contribution in [-0.2, 0) is 4.79 Å². The number of likely N-dealkylation sites (tertiary alicyclic amines) is 1. The summed E-state index contributed by atoms with van der Waals surface area (Å²) < 4.78 is 0. The number of rotatable bonds is 1. The van der Waals surface area contributed by atoms with Crippen molar-refractivity contribution in [2.24, 2.45) is 5.92 Å². The Morgan fingerprint density at radius 2 is 2.00 bits per heavy atom. The van der Waals surface area contributed by atoms with E-state index < -0.39 is 0 Å². The molecule has 1 saturated heterocycles. The number of amides is 1. The van der Waals surface area contributed by atoms with E-state index >= 15 is 0 Å². The van der Waals surface area contributed by atoms with Crippen molar-refractivity contribution in [3.63, 3.8) is 0 Å². The van der Waals surface area contributed by atoms with Crippen molar-refractivity contribution in [1.82, 2.24) is 4.90 Å². The lowest BCUT2D eigenvalue weighted by Crippen LogP contribution is -2.37. The number of carbonyl (C=O) groups excluding carboxylic acids is 1. The molecule has 1 N–H and O–H groups in total. The van der Waals surface area contributed by atoms with E-state index in [-0.39, 0.29) is 19.9 Å². The molecule has 0 aliphatic carbocycles. The monoisotopic (exact) mass is 173 g/mol. The summed E-state index contributed by atoms with van der Waals surface area (Å²) in [6.45, 7) is 3.51. The van der Waals surface area contributed by atoms with Crippen LogP contribution in [0.1, 0.15) is 27.2 Å². The maximum Gasteiger partial charge on any atom is 0.219 e. The first-order valence-corrected chi connectivity index (χ1v) is 4.10. The van der Waals surface area contributed by atoms with Crippen molar-refractivity contribution in [3.05, 3.63) is 0 Å². The van der Waals surface area contributed by atoms with Gasteiger partial charge < -0.3 is 10.0 Å². The van der Waals surface area contributed by atoms with Crippen molar-refractivity contribution in [1.29, 1.82) is 0 Å². The molecular weight excluding hydrogens is 154 g/mol. The van der Waals surface area contributed by atoms with E-state index in [1.54, 1.807) is 6.92 Å². The fourth-order valence-corrected chi connectivity index (χ4v) is 1.43. The van der Waals surface area contributed by atoms with Gasteiger partial charge in [-0.25, -0.2) is 0 Å². The van der Waals surface area contributed by atoms with Crippen molar-refractivity contribution in [3.8, 4) is 0 Å². The van der Waals surface area contributed by atoms with Gasteiger partial charge in [0.15, 0.2) is 0 Å². The molecule has 0 bridgehead atoms. The molecule has 1 heterocycles. The molecule has 3 heteroatoms. The molecule has 0 spiro atoms. The zero-order chi connectivity index (χ0) is 8.27. The second-order valence-corrected chi connectivity index (χ2v) is 3.13. The number of aliphatic hydroxyl groups excluding tert-OH is 1. The maximum absolute atomic E-state index is 10.9. The van der Waals surface area contributed by atoms with Gasteiger partial charge in [0.05, 0.1) is 0 Å². The standard InChI is InChI=1S/C8H15NO2.CH4/c1-7(11)9-4-2-8(6-10)3-5-9;/h8,10H,2-6H2,1H3;1H4. The molecule has 1 aliphatic heterocycles. The Balaban J connectivity index is 0.00000121. The van der Waals surface area contributed by atoms with E-state index in [9.17, 15) is 4.79 Å². The van der Waals surface area contributed by atoms with Gasteiger partial charge in [-0.15, -0.1) is 0 Å². The van der Waals surface area contributed by atoms with E-state index in [1.807, 2.05) is 4.90 Å². The molecule has 72 valence electrons. The molecule has 1 amide bonds. The van der Waals surface area contributed by atoms with Gasteiger partial charge in [-0.3, -0.25) is 4.79 Å². The first kappa shape index (κ1) is 11.4. The average Bonchev–Trinajstić information content (AvgIpc) is 2.05. The van der Waals surface area contributed by atoms with Gasteiger partial charge in [0, 0.05) is 26.6 Å². The summed E-state index contributed by atoms with van der Waals surface area (Å²) in [6.07, 6.45) is 1.91. The molecule has 0 aromatic carbocycles. The lowest BCUT2D eigenvalue weighted by Gasteiger charge is -2.30. The van der Waals surface area contributed by atoms with Crippen LogP contribution >= 0.6 is 0 Å².